The summed E-state index contributed by atoms with van der Waals surface area (Å²) in [7, 11) is 0. The zero-order valence-corrected chi connectivity index (χ0v) is 16.8. The summed E-state index contributed by atoms with van der Waals surface area (Å²) < 4.78 is 11.2. The average Bonchev–Trinajstić information content (AvgIpc) is 2.72. The molecule has 1 aliphatic carbocycles. The molecular weight excluding hydrogens is 340 g/mol. The van der Waals surface area contributed by atoms with Crippen LogP contribution in [-0.2, 0) is 4.74 Å². The molecule has 1 aliphatic heterocycles. The summed E-state index contributed by atoms with van der Waals surface area (Å²) in [5.41, 5.74) is 0.790. The Bertz CT molecular complexity index is 588. The molecule has 0 radical (unpaired) electrons. The molecule has 1 saturated carbocycles. The van der Waals surface area contributed by atoms with E-state index >= 15 is 0 Å². The number of carbonyl (C=O) groups is 1. The topological polar surface area (TPSA) is 50.8 Å². The van der Waals surface area contributed by atoms with E-state index < -0.39 is 0 Å². The first-order valence-electron chi connectivity index (χ1n) is 10.4. The second kappa shape index (κ2) is 9.56. The van der Waals surface area contributed by atoms with E-state index in [9.17, 15) is 4.79 Å². The molecule has 1 amide bonds. The van der Waals surface area contributed by atoms with Crippen molar-refractivity contribution in [2.24, 2.45) is 5.92 Å². The van der Waals surface area contributed by atoms with Crippen LogP contribution in [-0.4, -0.2) is 55.8 Å². The molecule has 0 spiro atoms. The lowest BCUT2D eigenvalue weighted by Gasteiger charge is -2.48. The number of amides is 1. The number of rotatable bonds is 7. The zero-order chi connectivity index (χ0) is 19.1. The van der Waals surface area contributed by atoms with Crippen LogP contribution in [0.1, 0.15) is 56.3 Å². The van der Waals surface area contributed by atoms with Crippen molar-refractivity contribution in [3.05, 3.63) is 29.8 Å². The summed E-state index contributed by atoms with van der Waals surface area (Å²) in [6.45, 7) is 9.19. The van der Waals surface area contributed by atoms with Gasteiger partial charge < -0.3 is 14.8 Å². The molecule has 2 fully saturated rings. The first-order valence-corrected chi connectivity index (χ1v) is 10.4. The quantitative estimate of drug-likeness (QED) is 0.794. The Morgan fingerprint density at radius 1 is 1.15 bits per heavy atom. The molecule has 1 N–H and O–H groups in total. The summed E-state index contributed by atoms with van der Waals surface area (Å²) in [6, 6.07) is 7.48. The molecule has 5 nitrogen and oxygen atoms in total. The fourth-order valence-electron chi connectivity index (χ4n) is 4.16. The molecule has 2 aliphatic rings. The SMILES string of the molecule is CC(C)COc1ccc(C(=O)NCC2(N3CCOCC3)CCCCC2)cc1. The van der Waals surface area contributed by atoms with E-state index in [1.165, 1.54) is 19.3 Å². The van der Waals surface area contributed by atoms with Crippen LogP contribution in [0.4, 0.5) is 0 Å². The van der Waals surface area contributed by atoms with E-state index in [0.717, 1.165) is 51.4 Å². The molecule has 27 heavy (non-hydrogen) atoms. The summed E-state index contributed by atoms with van der Waals surface area (Å²) in [4.78, 5) is 15.2. The first kappa shape index (κ1) is 20.2. The predicted octanol–water partition coefficient (Wildman–Crippen LogP) is 3.49. The highest BCUT2D eigenvalue weighted by molar-refractivity contribution is 5.94. The van der Waals surface area contributed by atoms with Gasteiger partial charge in [0.2, 0.25) is 0 Å². The van der Waals surface area contributed by atoms with E-state index in [1.54, 1.807) is 0 Å². The number of nitrogens with zero attached hydrogens (tertiary/aromatic N) is 1. The number of benzene rings is 1. The van der Waals surface area contributed by atoms with Gasteiger partial charge in [-0.1, -0.05) is 33.1 Å². The highest BCUT2D eigenvalue weighted by Crippen LogP contribution is 2.34. The maximum Gasteiger partial charge on any atom is 0.251 e. The number of hydrogen-bond acceptors (Lipinski definition) is 4. The minimum Gasteiger partial charge on any atom is -0.493 e. The summed E-state index contributed by atoms with van der Waals surface area (Å²) in [5.74, 6) is 1.31. The van der Waals surface area contributed by atoms with Crippen LogP contribution in [0.15, 0.2) is 24.3 Å². The van der Waals surface area contributed by atoms with E-state index in [2.05, 4.69) is 24.1 Å². The maximum atomic E-state index is 12.7. The molecule has 3 rings (SSSR count). The smallest absolute Gasteiger partial charge is 0.251 e. The van der Waals surface area contributed by atoms with E-state index in [-0.39, 0.29) is 11.4 Å². The molecule has 0 bridgehead atoms. The van der Waals surface area contributed by atoms with Gasteiger partial charge in [-0.15, -0.1) is 0 Å². The summed E-state index contributed by atoms with van der Waals surface area (Å²) >= 11 is 0. The van der Waals surface area contributed by atoms with Crippen molar-refractivity contribution >= 4 is 5.91 Å². The van der Waals surface area contributed by atoms with Gasteiger partial charge in [0.1, 0.15) is 5.75 Å². The first-order chi connectivity index (χ1) is 13.1. The van der Waals surface area contributed by atoms with Gasteiger partial charge in [0.25, 0.3) is 5.91 Å². The Hall–Kier alpha value is -1.59. The lowest BCUT2D eigenvalue weighted by molar-refractivity contribution is -0.0361. The zero-order valence-electron chi connectivity index (χ0n) is 16.8. The van der Waals surface area contributed by atoms with Gasteiger partial charge in [0.05, 0.1) is 19.8 Å². The summed E-state index contributed by atoms with van der Waals surface area (Å²) in [5, 5.41) is 3.21. The van der Waals surface area contributed by atoms with Crippen LogP contribution < -0.4 is 10.1 Å². The van der Waals surface area contributed by atoms with Gasteiger partial charge in [-0.05, 0) is 43.0 Å². The Morgan fingerprint density at radius 3 is 2.44 bits per heavy atom. The van der Waals surface area contributed by atoms with Crippen molar-refractivity contribution in [2.45, 2.75) is 51.5 Å². The number of hydrogen-bond donors (Lipinski definition) is 1. The Labute approximate surface area is 163 Å². The second-order valence-electron chi connectivity index (χ2n) is 8.30. The predicted molar refractivity (Wildman–Crippen MR) is 107 cm³/mol. The Balaban J connectivity index is 1.58. The average molecular weight is 375 g/mol. The number of nitrogens with one attached hydrogen (secondary N) is 1. The van der Waals surface area contributed by atoms with Crippen LogP contribution in [0.3, 0.4) is 0 Å². The number of ether oxygens (including phenoxy) is 2. The fraction of sp³-hybridized carbons (Fsp3) is 0.682. The highest BCUT2D eigenvalue weighted by Gasteiger charge is 2.38. The van der Waals surface area contributed by atoms with E-state index in [0.29, 0.717) is 18.1 Å². The Morgan fingerprint density at radius 2 is 1.81 bits per heavy atom. The monoisotopic (exact) mass is 374 g/mol. The van der Waals surface area contributed by atoms with Gasteiger partial charge in [-0.2, -0.15) is 0 Å². The highest BCUT2D eigenvalue weighted by atomic mass is 16.5. The standard InChI is InChI=1S/C22H34N2O3/c1-18(2)16-27-20-8-6-19(7-9-20)21(25)23-17-22(10-4-3-5-11-22)24-12-14-26-15-13-24/h6-9,18H,3-5,10-17H2,1-2H3,(H,23,25). The second-order valence-corrected chi connectivity index (χ2v) is 8.30. The van der Waals surface area contributed by atoms with Crippen molar-refractivity contribution < 1.29 is 14.3 Å². The van der Waals surface area contributed by atoms with Crippen LogP contribution in [0.2, 0.25) is 0 Å². The molecule has 1 heterocycles. The maximum absolute atomic E-state index is 12.7. The van der Waals surface area contributed by atoms with Gasteiger partial charge in [0.15, 0.2) is 0 Å². The van der Waals surface area contributed by atoms with Crippen molar-refractivity contribution in [1.82, 2.24) is 10.2 Å². The van der Waals surface area contributed by atoms with E-state index in [4.69, 9.17) is 9.47 Å². The lowest BCUT2D eigenvalue weighted by atomic mass is 9.79. The van der Waals surface area contributed by atoms with Crippen LogP contribution >= 0.6 is 0 Å². The third-order valence-electron chi connectivity index (χ3n) is 5.74. The van der Waals surface area contributed by atoms with Gasteiger partial charge in [-0.3, -0.25) is 9.69 Å². The normalized spacial score (nSPS) is 20.4. The third kappa shape index (κ3) is 5.45. The Kier molecular flexibility index (Phi) is 7.13. The molecule has 1 aromatic rings. The van der Waals surface area contributed by atoms with Crippen LogP contribution in [0, 0.1) is 5.92 Å². The van der Waals surface area contributed by atoms with Crippen LogP contribution in [0.25, 0.3) is 0 Å². The van der Waals surface area contributed by atoms with Crippen molar-refractivity contribution in [2.75, 3.05) is 39.5 Å². The van der Waals surface area contributed by atoms with Crippen LogP contribution in [0.5, 0.6) is 5.75 Å². The van der Waals surface area contributed by atoms with Gasteiger partial charge in [0, 0.05) is 30.7 Å². The minimum atomic E-state index is 0.00335. The fourth-order valence-corrected chi connectivity index (χ4v) is 4.16. The molecule has 0 atom stereocenters. The molecule has 0 unspecified atom stereocenters. The van der Waals surface area contributed by atoms with Gasteiger partial charge >= 0.3 is 0 Å². The van der Waals surface area contributed by atoms with Gasteiger partial charge in [-0.25, -0.2) is 0 Å². The molecule has 0 aromatic heterocycles. The molecular formula is C22H34N2O3. The lowest BCUT2D eigenvalue weighted by Crippen LogP contribution is -2.59. The molecule has 5 heteroatoms. The van der Waals surface area contributed by atoms with Crippen molar-refractivity contribution in [3.8, 4) is 5.75 Å². The third-order valence-corrected chi connectivity index (χ3v) is 5.74. The number of morpholine rings is 1. The summed E-state index contributed by atoms with van der Waals surface area (Å²) in [6.07, 6.45) is 6.12. The van der Waals surface area contributed by atoms with Crippen molar-refractivity contribution in [1.29, 1.82) is 0 Å². The number of carbonyl (C=O) groups excluding carboxylic acids is 1. The van der Waals surface area contributed by atoms with Crippen molar-refractivity contribution in [3.63, 3.8) is 0 Å². The van der Waals surface area contributed by atoms with E-state index in [1.807, 2.05) is 24.3 Å². The molecule has 1 saturated heterocycles. The molecule has 150 valence electrons. The molecule has 1 aromatic carbocycles. The minimum absolute atomic E-state index is 0.00335. The largest absolute Gasteiger partial charge is 0.493 e.